The average Bonchev–Trinajstić information content (AvgIpc) is 3.43. The van der Waals surface area contributed by atoms with Crippen molar-refractivity contribution in [2.24, 2.45) is 0 Å². The summed E-state index contributed by atoms with van der Waals surface area (Å²) in [5, 5.41) is 15.4. The fraction of sp³-hybridized carbons (Fsp3) is 0. The maximum absolute atomic E-state index is 2.49. The van der Waals surface area contributed by atoms with Gasteiger partial charge in [0.1, 0.15) is 0 Å². The molecular formula is C44H27N. The van der Waals surface area contributed by atoms with Gasteiger partial charge in [-0.15, -0.1) is 0 Å². The van der Waals surface area contributed by atoms with Crippen molar-refractivity contribution >= 4 is 75.7 Å². The molecule has 0 atom stereocenters. The smallest absolute Gasteiger partial charge is 0.0547 e. The molecule has 0 bridgehead atoms. The number of aromatic nitrogens is 1. The van der Waals surface area contributed by atoms with Gasteiger partial charge in [0, 0.05) is 16.2 Å². The molecule has 0 unspecified atom stereocenters. The molecule has 0 aliphatic rings. The van der Waals surface area contributed by atoms with Crippen molar-refractivity contribution in [1.29, 1.82) is 0 Å². The highest BCUT2D eigenvalue weighted by Crippen LogP contribution is 2.43. The minimum atomic E-state index is 1.20. The van der Waals surface area contributed by atoms with Crippen LogP contribution in [0.4, 0.5) is 0 Å². The van der Waals surface area contributed by atoms with Crippen LogP contribution in [-0.2, 0) is 0 Å². The molecule has 1 heteroatoms. The van der Waals surface area contributed by atoms with Gasteiger partial charge in [-0.05, 0) is 83.9 Å². The molecular weight excluding hydrogens is 542 g/mol. The van der Waals surface area contributed by atoms with E-state index in [1.54, 1.807) is 0 Å². The van der Waals surface area contributed by atoms with Gasteiger partial charge in [-0.3, -0.25) is 0 Å². The van der Waals surface area contributed by atoms with Crippen LogP contribution in [0.5, 0.6) is 0 Å². The van der Waals surface area contributed by atoms with E-state index in [4.69, 9.17) is 0 Å². The van der Waals surface area contributed by atoms with Gasteiger partial charge in [0.25, 0.3) is 0 Å². The number of hydrogen-bond acceptors (Lipinski definition) is 0. The Bertz CT molecular complexity index is 2810. The molecule has 0 amide bonds. The Hall–Kier alpha value is -5.92. The molecule has 0 spiro atoms. The maximum atomic E-state index is 2.49. The van der Waals surface area contributed by atoms with Gasteiger partial charge >= 0.3 is 0 Å². The van der Waals surface area contributed by atoms with E-state index in [0.717, 1.165) is 0 Å². The molecule has 0 aliphatic carbocycles. The van der Waals surface area contributed by atoms with Crippen molar-refractivity contribution in [3.05, 3.63) is 164 Å². The molecule has 1 heterocycles. The summed E-state index contributed by atoms with van der Waals surface area (Å²) in [4.78, 5) is 0. The molecule has 45 heavy (non-hydrogen) atoms. The Balaban J connectivity index is 1.34. The molecule has 0 radical (unpaired) electrons. The van der Waals surface area contributed by atoms with E-state index < -0.39 is 0 Å². The largest absolute Gasteiger partial charge is 0.309 e. The van der Waals surface area contributed by atoms with Crippen LogP contribution in [0.25, 0.3) is 92.5 Å². The summed E-state index contributed by atoms with van der Waals surface area (Å²) >= 11 is 0. The number of nitrogens with zero attached hydrogens (tertiary/aromatic N) is 1. The third-order valence-corrected chi connectivity index (χ3v) is 9.76. The molecule has 0 N–H and O–H groups in total. The second-order valence-corrected chi connectivity index (χ2v) is 12.1. The first-order valence-corrected chi connectivity index (χ1v) is 15.6. The highest BCUT2D eigenvalue weighted by atomic mass is 15.0. The van der Waals surface area contributed by atoms with Crippen molar-refractivity contribution in [1.82, 2.24) is 4.57 Å². The Morgan fingerprint density at radius 1 is 0.267 bits per heavy atom. The molecule has 1 aromatic heterocycles. The standard InChI is InChI=1S/C44H27N/c1-2-14-29-28(12-1)13-11-22-30(29)36-24-25-43(37-20-8-7-17-33(36)37)45-42-23-10-9-21-38(42)41-26-39-34-18-5-3-15-31(34)32-16-4-6-19-35(32)40(39)27-44(41)45/h1-27H. The molecule has 9 aromatic carbocycles. The molecule has 1 nitrogen and oxygen atoms in total. The summed E-state index contributed by atoms with van der Waals surface area (Å²) < 4.78 is 2.49. The summed E-state index contributed by atoms with van der Waals surface area (Å²) in [5.41, 5.74) is 6.18. The van der Waals surface area contributed by atoms with Gasteiger partial charge < -0.3 is 4.57 Å². The molecule has 0 saturated heterocycles. The SMILES string of the molecule is c1ccc2c(-c3ccc(-n4c5ccccc5c5cc6c7ccccc7c7ccccc7c6cc54)c4ccccc34)cccc2c1. The van der Waals surface area contributed by atoms with Crippen molar-refractivity contribution in [3.8, 4) is 16.8 Å². The molecule has 10 rings (SSSR count). The van der Waals surface area contributed by atoms with Crippen molar-refractivity contribution in [3.63, 3.8) is 0 Å². The lowest BCUT2D eigenvalue weighted by Crippen LogP contribution is -1.97. The molecule has 0 aliphatic heterocycles. The Morgan fingerprint density at radius 2 is 0.778 bits per heavy atom. The zero-order valence-electron chi connectivity index (χ0n) is 24.5. The Morgan fingerprint density at radius 3 is 1.51 bits per heavy atom. The van der Waals surface area contributed by atoms with Crippen LogP contribution in [0.3, 0.4) is 0 Å². The van der Waals surface area contributed by atoms with Gasteiger partial charge in [-0.25, -0.2) is 0 Å². The lowest BCUT2D eigenvalue weighted by atomic mass is 9.93. The maximum Gasteiger partial charge on any atom is 0.0547 e. The van der Waals surface area contributed by atoms with Crippen LogP contribution in [0.1, 0.15) is 0 Å². The summed E-state index contributed by atoms with van der Waals surface area (Å²) in [6.45, 7) is 0. The minimum Gasteiger partial charge on any atom is -0.309 e. The summed E-state index contributed by atoms with van der Waals surface area (Å²) in [7, 11) is 0. The lowest BCUT2D eigenvalue weighted by Gasteiger charge is -2.16. The number of rotatable bonds is 2. The van der Waals surface area contributed by atoms with Crippen LogP contribution in [0, 0.1) is 0 Å². The van der Waals surface area contributed by atoms with E-state index in [0.29, 0.717) is 0 Å². The predicted molar refractivity (Wildman–Crippen MR) is 194 cm³/mol. The van der Waals surface area contributed by atoms with Crippen LogP contribution >= 0.6 is 0 Å². The summed E-state index contributed by atoms with van der Waals surface area (Å²) in [6.07, 6.45) is 0. The van der Waals surface area contributed by atoms with Crippen LogP contribution in [0.15, 0.2) is 164 Å². The highest BCUT2D eigenvalue weighted by Gasteiger charge is 2.18. The van der Waals surface area contributed by atoms with E-state index in [9.17, 15) is 0 Å². The van der Waals surface area contributed by atoms with Gasteiger partial charge in [0.15, 0.2) is 0 Å². The molecule has 10 aromatic rings. The average molecular weight is 570 g/mol. The fourth-order valence-electron chi connectivity index (χ4n) is 7.80. The van der Waals surface area contributed by atoms with E-state index in [-0.39, 0.29) is 0 Å². The Kier molecular flexibility index (Phi) is 5.06. The van der Waals surface area contributed by atoms with Gasteiger partial charge in [-0.1, -0.05) is 140 Å². The van der Waals surface area contributed by atoms with Gasteiger partial charge in [-0.2, -0.15) is 0 Å². The number of para-hydroxylation sites is 1. The zero-order chi connectivity index (χ0) is 29.5. The number of fused-ring (bicyclic) bond motifs is 11. The van der Waals surface area contributed by atoms with Crippen LogP contribution < -0.4 is 0 Å². The first-order valence-electron chi connectivity index (χ1n) is 15.6. The van der Waals surface area contributed by atoms with E-state index in [1.165, 1.54) is 92.5 Å². The topological polar surface area (TPSA) is 4.93 Å². The summed E-state index contributed by atoms with van der Waals surface area (Å²) in [6, 6.07) is 60.3. The number of benzene rings is 9. The van der Waals surface area contributed by atoms with E-state index in [1.807, 2.05) is 0 Å². The molecule has 0 saturated carbocycles. The second kappa shape index (κ2) is 9.29. The van der Waals surface area contributed by atoms with E-state index >= 15 is 0 Å². The first-order chi connectivity index (χ1) is 22.3. The molecule has 208 valence electrons. The fourth-order valence-corrected chi connectivity index (χ4v) is 7.80. The monoisotopic (exact) mass is 569 g/mol. The van der Waals surface area contributed by atoms with Crippen molar-refractivity contribution < 1.29 is 0 Å². The van der Waals surface area contributed by atoms with Crippen molar-refractivity contribution in [2.45, 2.75) is 0 Å². The van der Waals surface area contributed by atoms with Crippen LogP contribution in [-0.4, -0.2) is 4.57 Å². The van der Waals surface area contributed by atoms with Crippen molar-refractivity contribution in [2.75, 3.05) is 0 Å². The van der Waals surface area contributed by atoms with Gasteiger partial charge in [0.2, 0.25) is 0 Å². The van der Waals surface area contributed by atoms with E-state index in [2.05, 4.69) is 168 Å². The quantitative estimate of drug-likeness (QED) is 0.183. The second-order valence-electron chi connectivity index (χ2n) is 12.1. The molecule has 0 fully saturated rings. The predicted octanol–water partition coefficient (Wildman–Crippen LogP) is 12.2. The normalized spacial score (nSPS) is 12.0. The Labute approximate surface area is 260 Å². The lowest BCUT2D eigenvalue weighted by molar-refractivity contribution is 1.20. The van der Waals surface area contributed by atoms with Gasteiger partial charge in [0.05, 0.1) is 16.7 Å². The highest BCUT2D eigenvalue weighted by molar-refractivity contribution is 6.29. The summed E-state index contributed by atoms with van der Waals surface area (Å²) in [5.74, 6) is 0. The third kappa shape index (κ3) is 3.44. The zero-order valence-corrected chi connectivity index (χ0v) is 24.5. The van der Waals surface area contributed by atoms with Crippen LogP contribution in [0.2, 0.25) is 0 Å². The number of hydrogen-bond donors (Lipinski definition) is 0. The first kappa shape index (κ1) is 24.5. The minimum absolute atomic E-state index is 1.20. The third-order valence-electron chi connectivity index (χ3n) is 9.76.